The third kappa shape index (κ3) is 14.6. The molecule has 0 radical (unpaired) electrons. The number of hydrogen-bond donors (Lipinski definition) is 2. The van der Waals surface area contributed by atoms with Gasteiger partial charge in [-0.3, -0.25) is 19.2 Å². The van der Waals surface area contributed by atoms with E-state index in [9.17, 15) is 34.2 Å². The molecule has 2 saturated heterocycles. The average molecular weight is 926 g/mol. The highest BCUT2D eigenvalue weighted by Crippen LogP contribution is 2.38. The van der Waals surface area contributed by atoms with Gasteiger partial charge < -0.3 is 38.8 Å². The zero-order valence-corrected chi connectivity index (χ0v) is 41.9. The minimum Gasteiger partial charge on any atom is -0.460 e. The van der Waals surface area contributed by atoms with E-state index < -0.39 is 71.8 Å². The Morgan fingerprint density at radius 3 is 2.24 bits per heavy atom. The van der Waals surface area contributed by atoms with Crippen LogP contribution in [0.1, 0.15) is 139 Å². The van der Waals surface area contributed by atoms with Gasteiger partial charge in [0.1, 0.15) is 30.1 Å². The molecule has 0 aromatic heterocycles. The molecule has 0 aromatic rings. The van der Waals surface area contributed by atoms with Crippen LogP contribution in [-0.4, -0.2) is 121 Å². The van der Waals surface area contributed by atoms with Gasteiger partial charge in [-0.1, -0.05) is 78.0 Å². The maximum absolute atomic E-state index is 14.4. The van der Waals surface area contributed by atoms with Crippen molar-refractivity contribution in [3.05, 3.63) is 47.6 Å². The summed E-state index contributed by atoms with van der Waals surface area (Å²) in [6.45, 7) is 15.2. The first kappa shape index (κ1) is 55.3. The number of carbonyl (C=O) groups is 5. The lowest BCUT2D eigenvalue weighted by molar-refractivity contribution is -0.265. The van der Waals surface area contributed by atoms with Crippen molar-refractivity contribution in [3.8, 4) is 0 Å². The molecule has 3 fully saturated rings. The number of ether oxygens (including phenoxy) is 5. The van der Waals surface area contributed by atoms with Crippen molar-refractivity contribution in [3.63, 3.8) is 0 Å². The van der Waals surface area contributed by atoms with Gasteiger partial charge in [0.15, 0.2) is 5.78 Å². The molecular formula is C53H83NO12. The second-order valence-electron chi connectivity index (χ2n) is 20.3. The van der Waals surface area contributed by atoms with E-state index in [2.05, 4.69) is 19.9 Å². The molecule has 1 amide bonds. The number of allylic oxidation sites excluding steroid dienone is 6. The van der Waals surface area contributed by atoms with Gasteiger partial charge in [-0.25, -0.2) is 4.79 Å². The van der Waals surface area contributed by atoms with E-state index in [0.29, 0.717) is 56.4 Å². The Kier molecular flexibility index (Phi) is 21.7. The van der Waals surface area contributed by atoms with Crippen LogP contribution in [0.25, 0.3) is 0 Å². The van der Waals surface area contributed by atoms with Gasteiger partial charge in [-0.15, -0.1) is 0 Å². The van der Waals surface area contributed by atoms with E-state index in [1.165, 1.54) is 12.0 Å². The molecule has 15 atom stereocenters. The summed E-state index contributed by atoms with van der Waals surface area (Å²) in [6, 6.07) is -1.11. The predicted octanol–water partition coefficient (Wildman–Crippen LogP) is 7.85. The highest BCUT2D eigenvalue weighted by atomic mass is 16.6. The molecule has 13 nitrogen and oxygen atoms in total. The number of amides is 1. The molecule has 66 heavy (non-hydrogen) atoms. The molecule has 3 heterocycles. The number of Topliss-reactive ketones (excluding diaryl/α,β-unsaturated/α-hetero) is 3. The molecule has 0 spiro atoms. The number of aliphatic hydroxyl groups is 2. The van der Waals surface area contributed by atoms with Crippen molar-refractivity contribution in [2.75, 3.05) is 27.9 Å². The molecule has 2 bridgehead atoms. The number of hydrogen-bond acceptors (Lipinski definition) is 12. The van der Waals surface area contributed by atoms with Crippen molar-refractivity contribution >= 4 is 29.2 Å². The number of cyclic esters (lactones) is 1. The van der Waals surface area contributed by atoms with E-state index in [4.69, 9.17) is 23.7 Å². The third-order valence-corrected chi connectivity index (χ3v) is 15.2. The summed E-state index contributed by atoms with van der Waals surface area (Å²) >= 11 is 0. The molecule has 1 aliphatic carbocycles. The molecule has 0 unspecified atom stereocenters. The van der Waals surface area contributed by atoms with E-state index in [1.54, 1.807) is 41.1 Å². The summed E-state index contributed by atoms with van der Waals surface area (Å²) in [5.74, 6) is -6.86. The first-order chi connectivity index (χ1) is 31.2. The molecule has 3 aliphatic heterocycles. The number of methoxy groups -OCH3 is 3. The van der Waals surface area contributed by atoms with Gasteiger partial charge in [0.25, 0.3) is 11.7 Å². The number of aliphatic hydroxyl groups excluding tert-OH is 1. The van der Waals surface area contributed by atoms with Crippen molar-refractivity contribution < 1.29 is 57.9 Å². The first-order valence-electron chi connectivity index (χ1n) is 24.7. The number of piperidine rings is 1. The number of ketones is 3. The molecule has 4 rings (SSSR count). The first-order valence-corrected chi connectivity index (χ1v) is 24.7. The van der Waals surface area contributed by atoms with Gasteiger partial charge >= 0.3 is 5.97 Å². The Balaban J connectivity index is 1.69. The smallest absolute Gasteiger partial charge is 0.329 e. The van der Waals surface area contributed by atoms with Crippen LogP contribution in [0, 0.1) is 41.4 Å². The summed E-state index contributed by atoms with van der Waals surface area (Å²) in [5.41, 5.74) is 1.32. The molecule has 372 valence electrons. The zero-order chi connectivity index (χ0) is 48.9. The average Bonchev–Trinajstić information content (AvgIpc) is 3.30. The standard InChI is InChI=1S/C53H83NO12/c1-32-17-13-12-14-18-33(2)45(63-10)30-41-25-23-39(8)53(61,66-41)50(58)51(59)54-26-16-15-19-42(54)52(60)65-46(37(6)28-40-24-22-34(3)44(29-40)62-9)31-43(55)36(5)27-38(7)48(57)49(64-11)47(56)35(4)21-20-32/h12-14,17-18,27,32,34-37,39-42,44-46,48-49,57,61H,15-16,19-26,28-31H2,1-11H3/b14-12+,17-13+,33-18?,38-27+/t32-,34+,35-,36-,37-,39-,40+,41+,42+,44-,45+,46+,48-,49+,53-/m1/s1. The maximum atomic E-state index is 14.4. The van der Waals surface area contributed by atoms with Crippen molar-refractivity contribution in [1.29, 1.82) is 0 Å². The van der Waals surface area contributed by atoms with Crippen LogP contribution in [0.3, 0.4) is 0 Å². The Labute approximate surface area is 395 Å². The summed E-state index contributed by atoms with van der Waals surface area (Å²) < 4.78 is 29.7. The Bertz CT molecular complexity index is 1770. The molecular weight excluding hydrogens is 843 g/mol. The second kappa shape index (κ2) is 25.9. The van der Waals surface area contributed by atoms with Gasteiger partial charge in [-0.05, 0) is 119 Å². The quantitative estimate of drug-likeness (QED) is 0.150. The topological polar surface area (TPSA) is 175 Å². The molecule has 1 saturated carbocycles. The molecule has 2 N–H and O–H groups in total. The fraction of sp³-hybridized carbons (Fsp3) is 0.755. The largest absolute Gasteiger partial charge is 0.460 e. The number of nitrogens with zero attached hydrogens (tertiary/aromatic N) is 1. The van der Waals surface area contributed by atoms with Crippen LogP contribution < -0.4 is 0 Å². The molecule has 4 aliphatic rings. The van der Waals surface area contributed by atoms with Crippen LogP contribution in [0.4, 0.5) is 0 Å². The minimum absolute atomic E-state index is 0.102. The van der Waals surface area contributed by atoms with Crippen LogP contribution in [0.2, 0.25) is 0 Å². The second-order valence-corrected chi connectivity index (χ2v) is 20.3. The third-order valence-electron chi connectivity index (χ3n) is 15.2. The Hall–Kier alpha value is -3.33. The lowest BCUT2D eigenvalue weighted by Crippen LogP contribution is -2.61. The van der Waals surface area contributed by atoms with Crippen molar-refractivity contribution in [1.82, 2.24) is 4.90 Å². The highest BCUT2D eigenvalue weighted by molar-refractivity contribution is 6.39. The maximum Gasteiger partial charge on any atom is 0.329 e. The zero-order valence-electron chi connectivity index (χ0n) is 41.9. The van der Waals surface area contributed by atoms with E-state index in [1.807, 2.05) is 45.1 Å². The number of rotatable bonds is 6. The fourth-order valence-corrected chi connectivity index (χ4v) is 10.4. The predicted molar refractivity (Wildman–Crippen MR) is 253 cm³/mol. The van der Waals surface area contributed by atoms with E-state index >= 15 is 0 Å². The summed E-state index contributed by atoms with van der Waals surface area (Å²) in [7, 11) is 4.72. The van der Waals surface area contributed by atoms with Crippen molar-refractivity contribution in [2.24, 2.45) is 41.4 Å². The highest BCUT2D eigenvalue weighted by Gasteiger charge is 2.53. The monoisotopic (exact) mass is 926 g/mol. The lowest BCUT2D eigenvalue weighted by Gasteiger charge is -2.42. The SMILES string of the molecule is CO[C@H]1C[C@@H]2CC[C@@H](C)[C@@](O)(O2)C(=O)C(=O)N2CCCC[C@H]2C(=O)O[C@H]([C@H](C)C[C@@H]2CC[C@H](C)[C@H](OC)C2)CC(=O)[C@H](C)/C=C(\C)[C@@H](O)[C@@H](OC)C(=O)[C@H](C)CC[C@H](C)/C=C/C=C/C=C1C. The minimum atomic E-state index is -2.41. The van der Waals surface area contributed by atoms with Crippen LogP contribution >= 0.6 is 0 Å². The van der Waals surface area contributed by atoms with Crippen LogP contribution in [0.5, 0.6) is 0 Å². The van der Waals surface area contributed by atoms with Gasteiger partial charge in [0, 0.05) is 58.5 Å². The molecule has 0 aromatic carbocycles. The Morgan fingerprint density at radius 1 is 0.833 bits per heavy atom. The van der Waals surface area contributed by atoms with E-state index in [0.717, 1.165) is 31.3 Å². The van der Waals surface area contributed by atoms with Gasteiger partial charge in [0.2, 0.25) is 5.79 Å². The van der Waals surface area contributed by atoms with Crippen molar-refractivity contribution in [2.45, 2.75) is 187 Å². The Morgan fingerprint density at radius 2 is 1.56 bits per heavy atom. The van der Waals surface area contributed by atoms with Gasteiger partial charge in [-0.2, -0.15) is 0 Å². The number of esters is 1. The number of carbonyl (C=O) groups excluding carboxylic acids is 5. The van der Waals surface area contributed by atoms with E-state index in [-0.39, 0.29) is 60.7 Å². The van der Waals surface area contributed by atoms with Crippen LogP contribution in [0.15, 0.2) is 47.6 Å². The summed E-state index contributed by atoms with van der Waals surface area (Å²) in [4.78, 5) is 72.0. The number of fused-ring (bicyclic) bond motifs is 3. The normalized spacial score (nSPS) is 39.4. The van der Waals surface area contributed by atoms with Crippen LogP contribution in [-0.2, 0) is 47.7 Å². The summed E-state index contributed by atoms with van der Waals surface area (Å²) in [6.07, 6.45) is 14.7. The fourth-order valence-electron chi connectivity index (χ4n) is 10.4. The van der Waals surface area contributed by atoms with Gasteiger partial charge in [0.05, 0.1) is 18.3 Å². The molecule has 13 heteroatoms. The summed E-state index contributed by atoms with van der Waals surface area (Å²) in [5, 5.41) is 23.4. The lowest BCUT2D eigenvalue weighted by atomic mass is 9.76.